The molecule has 0 spiro atoms. The molecule has 0 bridgehead atoms. The Balaban J connectivity index is 1.68. The molecule has 1 aromatic carbocycles. The first-order valence-corrected chi connectivity index (χ1v) is 8.85. The molecule has 3 rings (SSSR count). The Morgan fingerprint density at radius 3 is 3.00 bits per heavy atom. The molecule has 138 valence electrons. The number of amides is 2. The van der Waals surface area contributed by atoms with Crippen LogP contribution >= 0.6 is 0 Å². The SMILES string of the molecule is Cc1cccc(-n2cc(C(=O)N3CCCC(C(=O)NCCN)C3)nn2)c1. The standard InChI is InChI=1S/C18H24N6O2/c1-13-4-2-6-15(10-13)24-12-16(21-22-24)18(26)23-9-3-5-14(11-23)17(25)20-8-7-19/h2,4,6,10,12,14H,3,5,7-9,11,19H2,1H3,(H,20,25). The Morgan fingerprint density at radius 1 is 1.38 bits per heavy atom. The second-order valence-electron chi connectivity index (χ2n) is 6.56. The van der Waals surface area contributed by atoms with Crippen LogP contribution in [0.2, 0.25) is 0 Å². The van der Waals surface area contributed by atoms with Gasteiger partial charge in [-0.1, -0.05) is 17.3 Å². The largest absolute Gasteiger partial charge is 0.355 e. The van der Waals surface area contributed by atoms with Gasteiger partial charge in [0.1, 0.15) is 0 Å². The molecule has 26 heavy (non-hydrogen) atoms. The summed E-state index contributed by atoms with van der Waals surface area (Å²) in [7, 11) is 0. The molecule has 0 aliphatic carbocycles. The van der Waals surface area contributed by atoms with Crippen LogP contribution in [0, 0.1) is 12.8 Å². The number of likely N-dealkylation sites (tertiary alicyclic amines) is 1. The van der Waals surface area contributed by atoms with Crippen LogP contribution in [0.25, 0.3) is 5.69 Å². The summed E-state index contributed by atoms with van der Waals surface area (Å²) in [6.45, 7) is 3.87. The molecular formula is C18H24N6O2. The van der Waals surface area contributed by atoms with E-state index in [0.29, 0.717) is 26.2 Å². The number of aromatic nitrogens is 3. The van der Waals surface area contributed by atoms with E-state index in [-0.39, 0.29) is 23.4 Å². The average Bonchev–Trinajstić information content (AvgIpc) is 3.16. The number of rotatable bonds is 5. The van der Waals surface area contributed by atoms with Crippen LogP contribution < -0.4 is 11.1 Å². The van der Waals surface area contributed by atoms with Crippen molar-refractivity contribution in [2.45, 2.75) is 19.8 Å². The molecule has 2 amide bonds. The van der Waals surface area contributed by atoms with Crippen molar-refractivity contribution in [2.75, 3.05) is 26.2 Å². The Kier molecular flexibility index (Phi) is 5.62. The fourth-order valence-corrected chi connectivity index (χ4v) is 3.14. The third-order valence-corrected chi connectivity index (χ3v) is 4.50. The van der Waals surface area contributed by atoms with Gasteiger partial charge >= 0.3 is 0 Å². The van der Waals surface area contributed by atoms with Crippen molar-refractivity contribution in [2.24, 2.45) is 11.7 Å². The first-order chi connectivity index (χ1) is 12.6. The number of benzene rings is 1. The smallest absolute Gasteiger partial charge is 0.276 e. The summed E-state index contributed by atoms with van der Waals surface area (Å²) >= 11 is 0. The highest BCUT2D eigenvalue weighted by Gasteiger charge is 2.29. The van der Waals surface area contributed by atoms with E-state index >= 15 is 0 Å². The molecule has 1 aliphatic rings. The maximum absolute atomic E-state index is 12.8. The van der Waals surface area contributed by atoms with Crippen molar-refractivity contribution in [1.82, 2.24) is 25.2 Å². The van der Waals surface area contributed by atoms with Crippen LogP contribution in [0.15, 0.2) is 30.5 Å². The van der Waals surface area contributed by atoms with Crippen molar-refractivity contribution in [3.8, 4) is 5.69 Å². The Morgan fingerprint density at radius 2 is 2.23 bits per heavy atom. The lowest BCUT2D eigenvalue weighted by atomic mass is 9.97. The van der Waals surface area contributed by atoms with Gasteiger partial charge in [-0.3, -0.25) is 9.59 Å². The zero-order valence-corrected chi connectivity index (χ0v) is 14.9. The van der Waals surface area contributed by atoms with E-state index in [1.165, 1.54) is 0 Å². The molecule has 1 atom stereocenters. The summed E-state index contributed by atoms with van der Waals surface area (Å²) in [5.74, 6) is -0.442. The van der Waals surface area contributed by atoms with Gasteiger partial charge in [0, 0.05) is 26.2 Å². The summed E-state index contributed by atoms with van der Waals surface area (Å²) in [6.07, 6.45) is 3.20. The summed E-state index contributed by atoms with van der Waals surface area (Å²) in [4.78, 5) is 26.6. The summed E-state index contributed by atoms with van der Waals surface area (Å²) in [6, 6.07) is 7.81. The van der Waals surface area contributed by atoms with Crippen molar-refractivity contribution in [3.63, 3.8) is 0 Å². The zero-order valence-electron chi connectivity index (χ0n) is 14.9. The third kappa shape index (κ3) is 4.08. The van der Waals surface area contributed by atoms with Crippen LogP contribution in [0.1, 0.15) is 28.9 Å². The van der Waals surface area contributed by atoms with E-state index < -0.39 is 0 Å². The lowest BCUT2D eigenvalue weighted by Crippen LogP contribution is -2.46. The van der Waals surface area contributed by atoms with E-state index in [9.17, 15) is 9.59 Å². The Hall–Kier alpha value is -2.74. The Labute approximate surface area is 152 Å². The van der Waals surface area contributed by atoms with Gasteiger partial charge in [-0.15, -0.1) is 5.10 Å². The number of hydrogen-bond donors (Lipinski definition) is 2. The van der Waals surface area contributed by atoms with Crippen molar-refractivity contribution < 1.29 is 9.59 Å². The van der Waals surface area contributed by atoms with Gasteiger partial charge in [-0.2, -0.15) is 0 Å². The van der Waals surface area contributed by atoms with E-state index in [1.54, 1.807) is 15.8 Å². The van der Waals surface area contributed by atoms with Crippen LogP contribution in [0.4, 0.5) is 0 Å². The van der Waals surface area contributed by atoms with Crippen LogP contribution in [0.3, 0.4) is 0 Å². The Bertz CT molecular complexity index is 787. The fourth-order valence-electron chi connectivity index (χ4n) is 3.14. The van der Waals surface area contributed by atoms with E-state index in [1.807, 2.05) is 31.2 Å². The van der Waals surface area contributed by atoms with Gasteiger partial charge in [0.2, 0.25) is 5.91 Å². The lowest BCUT2D eigenvalue weighted by Gasteiger charge is -2.31. The normalized spacial score (nSPS) is 17.2. The summed E-state index contributed by atoms with van der Waals surface area (Å²) in [5.41, 5.74) is 7.67. The minimum Gasteiger partial charge on any atom is -0.355 e. The van der Waals surface area contributed by atoms with Gasteiger partial charge in [0.05, 0.1) is 17.8 Å². The average molecular weight is 356 g/mol. The quantitative estimate of drug-likeness (QED) is 0.812. The molecule has 0 radical (unpaired) electrons. The van der Waals surface area contributed by atoms with Gasteiger partial charge < -0.3 is 16.0 Å². The molecule has 1 aromatic heterocycles. The van der Waals surface area contributed by atoms with E-state index in [0.717, 1.165) is 24.1 Å². The number of hydrogen-bond acceptors (Lipinski definition) is 5. The molecular weight excluding hydrogens is 332 g/mol. The number of aryl methyl sites for hydroxylation is 1. The molecule has 1 saturated heterocycles. The van der Waals surface area contributed by atoms with Crippen molar-refractivity contribution >= 4 is 11.8 Å². The molecule has 0 saturated carbocycles. The molecule has 1 unspecified atom stereocenters. The predicted molar refractivity (Wildman–Crippen MR) is 96.8 cm³/mol. The minimum atomic E-state index is -0.203. The highest BCUT2D eigenvalue weighted by molar-refractivity contribution is 5.92. The van der Waals surface area contributed by atoms with Gasteiger partial charge in [-0.25, -0.2) is 4.68 Å². The van der Waals surface area contributed by atoms with Crippen molar-refractivity contribution in [1.29, 1.82) is 0 Å². The number of nitrogens with zero attached hydrogens (tertiary/aromatic N) is 4. The maximum atomic E-state index is 12.8. The number of piperidine rings is 1. The molecule has 1 fully saturated rings. The molecule has 2 aromatic rings. The van der Waals surface area contributed by atoms with E-state index in [2.05, 4.69) is 15.6 Å². The van der Waals surface area contributed by atoms with Crippen LogP contribution in [-0.4, -0.2) is 57.9 Å². The van der Waals surface area contributed by atoms with Crippen LogP contribution in [0.5, 0.6) is 0 Å². The lowest BCUT2D eigenvalue weighted by molar-refractivity contribution is -0.126. The van der Waals surface area contributed by atoms with Crippen LogP contribution in [-0.2, 0) is 4.79 Å². The fraction of sp³-hybridized carbons (Fsp3) is 0.444. The van der Waals surface area contributed by atoms with Gasteiger partial charge in [0.15, 0.2) is 5.69 Å². The highest BCUT2D eigenvalue weighted by Crippen LogP contribution is 2.19. The summed E-state index contributed by atoms with van der Waals surface area (Å²) in [5, 5.41) is 10.9. The second kappa shape index (κ2) is 8.09. The molecule has 1 aliphatic heterocycles. The molecule has 3 N–H and O–H groups in total. The number of nitrogens with one attached hydrogen (secondary N) is 1. The van der Waals surface area contributed by atoms with E-state index in [4.69, 9.17) is 5.73 Å². The predicted octanol–water partition coefficient (Wildman–Crippen LogP) is 0.503. The molecule has 2 heterocycles. The molecule has 8 nitrogen and oxygen atoms in total. The minimum absolute atomic E-state index is 0.0450. The number of carbonyl (C=O) groups is 2. The summed E-state index contributed by atoms with van der Waals surface area (Å²) < 4.78 is 1.59. The second-order valence-corrected chi connectivity index (χ2v) is 6.56. The maximum Gasteiger partial charge on any atom is 0.276 e. The van der Waals surface area contributed by atoms with Gasteiger partial charge in [-0.05, 0) is 37.5 Å². The first kappa shape index (κ1) is 18.1. The first-order valence-electron chi connectivity index (χ1n) is 8.85. The molecule has 8 heteroatoms. The monoisotopic (exact) mass is 356 g/mol. The number of carbonyl (C=O) groups excluding carboxylic acids is 2. The van der Waals surface area contributed by atoms with Gasteiger partial charge in [0.25, 0.3) is 5.91 Å². The third-order valence-electron chi connectivity index (χ3n) is 4.50. The highest BCUT2D eigenvalue weighted by atomic mass is 16.2. The number of nitrogens with two attached hydrogens (primary N) is 1. The van der Waals surface area contributed by atoms with Crippen molar-refractivity contribution in [3.05, 3.63) is 41.7 Å². The topological polar surface area (TPSA) is 106 Å². The zero-order chi connectivity index (χ0) is 18.5.